The zero-order chi connectivity index (χ0) is 13.4. The Bertz CT molecular complexity index is 751. The third-order valence-electron chi connectivity index (χ3n) is 2.74. The number of nitrogens with zero attached hydrogens (tertiary/aromatic N) is 3. The van der Waals surface area contributed by atoms with E-state index >= 15 is 0 Å². The molecule has 0 saturated heterocycles. The Morgan fingerprint density at radius 1 is 1.32 bits per heavy atom. The number of hydrogen-bond acceptors (Lipinski definition) is 5. The molecular formula is C12H11BrN6. The molecule has 4 N–H and O–H groups in total. The first-order valence-corrected chi connectivity index (χ1v) is 6.42. The number of nitrogens with one attached hydrogen (secondary N) is 2. The van der Waals surface area contributed by atoms with Crippen LogP contribution < -0.4 is 11.1 Å². The third-order valence-corrected chi connectivity index (χ3v) is 3.59. The molecule has 0 spiro atoms. The minimum atomic E-state index is 0.188. The van der Waals surface area contributed by atoms with Gasteiger partial charge in [-0.3, -0.25) is 0 Å². The molecule has 0 bridgehead atoms. The average Bonchev–Trinajstić information content (AvgIpc) is 2.82. The van der Waals surface area contributed by atoms with E-state index in [-0.39, 0.29) is 5.95 Å². The van der Waals surface area contributed by atoms with Gasteiger partial charge in [0.25, 0.3) is 0 Å². The van der Waals surface area contributed by atoms with Crippen LogP contribution in [0.25, 0.3) is 11.2 Å². The number of aromatic amines is 1. The van der Waals surface area contributed by atoms with E-state index < -0.39 is 0 Å². The fourth-order valence-electron chi connectivity index (χ4n) is 1.75. The van der Waals surface area contributed by atoms with Gasteiger partial charge in [0.1, 0.15) is 5.52 Å². The van der Waals surface area contributed by atoms with Gasteiger partial charge in [0, 0.05) is 10.2 Å². The van der Waals surface area contributed by atoms with Crippen LogP contribution in [0.1, 0.15) is 5.56 Å². The van der Waals surface area contributed by atoms with Gasteiger partial charge in [0.2, 0.25) is 5.95 Å². The number of halogens is 1. The summed E-state index contributed by atoms with van der Waals surface area (Å²) in [6, 6.07) is 5.97. The van der Waals surface area contributed by atoms with Gasteiger partial charge >= 0.3 is 0 Å². The average molecular weight is 319 g/mol. The van der Waals surface area contributed by atoms with Crippen molar-refractivity contribution in [3.63, 3.8) is 0 Å². The normalized spacial score (nSPS) is 10.8. The number of rotatable bonds is 2. The summed E-state index contributed by atoms with van der Waals surface area (Å²) in [6.07, 6.45) is 1.56. The molecule has 2 aromatic heterocycles. The molecule has 0 radical (unpaired) electrons. The molecule has 1 aromatic carbocycles. The standard InChI is InChI=1S/C12H11BrN6/c1-6-2-3-7(4-8(6)13)17-11-9-10(16-5-15-9)18-12(14)19-11/h2-5H,1H3,(H4,14,15,16,17,18,19). The van der Waals surface area contributed by atoms with Crippen molar-refractivity contribution in [2.45, 2.75) is 6.92 Å². The molecule has 0 atom stereocenters. The number of nitrogen functional groups attached to an aromatic ring is 1. The van der Waals surface area contributed by atoms with E-state index in [2.05, 4.69) is 41.2 Å². The first kappa shape index (κ1) is 11.9. The second-order valence-corrected chi connectivity index (χ2v) is 4.97. The molecule has 0 aliphatic carbocycles. The topological polar surface area (TPSA) is 92.5 Å². The number of aryl methyl sites for hydroxylation is 1. The molecule has 3 aromatic rings. The van der Waals surface area contributed by atoms with Crippen molar-refractivity contribution in [1.29, 1.82) is 0 Å². The summed E-state index contributed by atoms with van der Waals surface area (Å²) in [6.45, 7) is 2.03. The zero-order valence-corrected chi connectivity index (χ0v) is 11.7. The minimum Gasteiger partial charge on any atom is -0.368 e. The molecule has 0 aliphatic heterocycles. The van der Waals surface area contributed by atoms with Crippen molar-refractivity contribution < 1.29 is 0 Å². The lowest BCUT2D eigenvalue weighted by Gasteiger charge is -2.08. The summed E-state index contributed by atoms with van der Waals surface area (Å²) >= 11 is 3.50. The van der Waals surface area contributed by atoms with Gasteiger partial charge < -0.3 is 16.0 Å². The molecule has 3 rings (SSSR count). The highest BCUT2D eigenvalue weighted by Gasteiger charge is 2.09. The van der Waals surface area contributed by atoms with Gasteiger partial charge in [-0.25, -0.2) is 4.98 Å². The SMILES string of the molecule is Cc1ccc(Nc2nc(N)nc3nc[nH]c23)cc1Br. The zero-order valence-electron chi connectivity index (χ0n) is 10.1. The molecule has 0 saturated carbocycles. The number of aromatic nitrogens is 4. The van der Waals surface area contributed by atoms with Gasteiger partial charge in [0.15, 0.2) is 11.5 Å². The van der Waals surface area contributed by atoms with Crippen molar-refractivity contribution in [3.05, 3.63) is 34.6 Å². The summed E-state index contributed by atoms with van der Waals surface area (Å²) in [5.41, 5.74) is 9.01. The quantitative estimate of drug-likeness (QED) is 0.675. The Balaban J connectivity index is 2.04. The number of nitrogens with two attached hydrogens (primary N) is 1. The minimum absolute atomic E-state index is 0.188. The predicted molar refractivity (Wildman–Crippen MR) is 78.3 cm³/mol. The van der Waals surface area contributed by atoms with Crippen LogP contribution in [0.5, 0.6) is 0 Å². The summed E-state index contributed by atoms with van der Waals surface area (Å²) < 4.78 is 1.03. The van der Waals surface area contributed by atoms with Crippen LogP contribution in [-0.2, 0) is 0 Å². The van der Waals surface area contributed by atoms with E-state index in [4.69, 9.17) is 5.73 Å². The van der Waals surface area contributed by atoms with Crippen molar-refractivity contribution in [3.8, 4) is 0 Å². The third kappa shape index (κ3) is 2.24. The highest BCUT2D eigenvalue weighted by atomic mass is 79.9. The van der Waals surface area contributed by atoms with Crippen LogP contribution in [0.2, 0.25) is 0 Å². The first-order valence-electron chi connectivity index (χ1n) is 5.63. The summed E-state index contributed by atoms with van der Waals surface area (Å²) in [7, 11) is 0. The molecule has 0 fully saturated rings. The molecule has 19 heavy (non-hydrogen) atoms. The number of H-pyrrole nitrogens is 1. The van der Waals surface area contributed by atoms with Gasteiger partial charge in [-0.1, -0.05) is 22.0 Å². The first-order chi connectivity index (χ1) is 9.13. The summed E-state index contributed by atoms with van der Waals surface area (Å²) in [5.74, 6) is 0.795. The largest absolute Gasteiger partial charge is 0.368 e. The lowest BCUT2D eigenvalue weighted by Crippen LogP contribution is -2.01. The lowest BCUT2D eigenvalue weighted by molar-refractivity contribution is 1.21. The number of benzene rings is 1. The second kappa shape index (κ2) is 4.51. The van der Waals surface area contributed by atoms with Crippen molar-refractivity contribution >= 4 is 44.5 Å². The number of fused-ring (bicyclic) bond motifs is 1. The second-order valence-electron chi connectivity index (χ2n) is 4.12. The lowest BCUT2D eigenvalue weighted by atomic mass is 10.2. The van der Waals surface area contributed by atoms with Crippen LogP contribution in [0.15, 0.2) is 29.0 Å². The van der Waals surface area contributed by atoms with Crippen LogP contribution in [0.3, 0.4) is 0 Å². The van der Waals surface area contributed by atoms with Gasteiger partial charge in [0.05, 0.1) is 6.33 Å². The van der Waals surface area contributed by atoms with Crippen molar-refractivity contribution in [1.82, 2.24) is 19.9 Å². The van der Waals surface area contributed by atoms with E-state index in [0.717, 1.165) is 15.7 Å². The smallest absolute Gasteiger partial charge is 0.224 e. The molecule has 2 heterocycles. The number of hydrogen-bond donors (Lipinski definition) is 3. The molecule has 96 valence electrons. The van der Waals surface area contributed by atoms with Crippen molar-refractivity contribution in [2.75, 3.05) is 11.1 Å². The fraction of sp³-hybridized carbons (Fsp3) is 0.0833. The maximum absolute atomic E-state index is 5.67. The maximum atomic E-state index is 5.67. The monoisotopic (exact) mass is 318 g/mol. The Morgan fingerprint density at radius 2 is 2.16 bits per heavy atom. The summed E-state index contributed by atoms with van der Waals surface area (Å²) in [5, 5.41) is 3.21. The number of imidazole rings is 1. The van der Waals surface area contributed by atoms with E-state index in [1.165, 1.54) is 5.56 Å². The van der Waals surface area contributed by atoms with Crippen molar-refractivity contribution in [2.24, 2.45) is 0 Å². The van der Waals surface area contributed by atoms with E-state index in [1.54, 1.807) is 6.33 Å². The van der Waals surface area contributed by atoms with Crippen LogP contribution in [0, 0.1) is 6.92 Å². The van der Waals surface area contributed by atoms with E-state index in [9.17, 15) is 0 Å². The molecule has 6 nitrogen and oxygen atoms in total. The highest BCUT2D eigenvalue weighted by molar-refractivity contribution is 9.10. The predicted octanol–water partition coefficient (Wildman–Crippen LogP) is 2.75. The van der Waals surface area contributed by atoms with Gasteiger partial charge in [-0.2, -0.15) is 9.97 Å². The molecule has 0 aliphatic rings. The number of anilines is 3. The molecular weight excluding hydrogens is 308 g/mol. The van der Waals surface area contributed by atoms with Gasteiger partial charge in [-0.15, -0.1) is 0 Å². The summed E-state index contributed by atoms with van der Waals surface area (Å²) in [4.78, 5) is 15.3. The molecule has 0 amide bonds. The Labute approximate surface area is 117 Å². The van der Waals surface area contributed by atoms with Crippen LogP contribution in [0.4, 0.5) is 17.5 Å². The molecule has 0 unspecified atom stereocenters. The Hall–Kier alpha value is -2.15. The van der Waals surface area contributed by atoms with Crippen LogP contribution in [-0.4, -0.2) is 19.9 Å². The maximum Gasteiger partial charge on any atom is 0.224 e. The Morgan fingerprint density at radius 3 is 2.95 bits per heavy atom. The van der Waals surface area contributed by atoms with Gasteiger partial charge in [-0.05, 0) is 24.6 Å². The van der Waals surface area contributed by atoms with E-state index in [0.29, 0.717) is 11.5 Å². The highest BCUT2D eigenvalue weighted by Crippen LogP contribution is 2.25. The van der Waals surface area contributed by atoms with E-state index in [1.807, 2.05) is 25.1 Å². The Kier molecular flexibility index (Phi) is 2.83. The van der Waals surface area contributed by atoms with Crippen LogP contribution >= 0.6 is 15.9 Å². The molecule has 7 heteroatoms. The fourth-order valence-corrected chi connectivity index (χ4v) is 2.13.